The van der Waals surface area contributed by atoms with Crippen LogP contribution in [-0.4, -0.2) is 51.0 Å². The summed E-state index contributed by atoms with van der Waals surface area (Å²) >= 11 is 0. The van der Waals surface area contributed by atoms with Gasteiger partial charge in [-0.05, 0) is 70.8 Å². The zero-order valence-electron chi connectivity index (χ0n) is 33.1. The zero-order valence-corrected chi connectivity index (χ0v) is 33.1. The number of esters is 4. The Labute approximate surface area is 338 Å². The predicted octanol–water partition coefficient (Wildman–Crippen LogP) is 8.29. The van der Waals surface area contributed by atoms with E-state index in [1.54, 1.807) is 0 Å². The summed E-state index contributed by atoms with van der Waals surface area (Å²) in [5, 5.41) is 0. The van der Waals surface area contributed by atoms with E-state index in [1.165, 1.54) is 0 Å². The monoisotopic (exact) mass is 792 g/mol. The van der Waals surface area contributed by atoms with E-state index < -0.39 is 23.9 Å². The highest BCUT2D eigenvalue weighted by molar-refractivity contribution is 5.82. The lowest BCUT2D eigenvalue weighted by molar-refractivity contribution is -0.145. The van der Waals surface area contributed by atoms with Gasteiger partial charge >= 0.3 is 23.9 Å². The maximum atomic E-state index is 11.0. The Morgan fingerprint density at radius 1 is 0.379 bits per heavy atom. The minimum Gasteiger partial charge on any atom is -0.457 e. The largest absolute Gasteiger partial charge is 0.457 e. The minimum absolute atomic E-state index is 0.169. The van der Waals surface area contributed by atoms with Crippen molar-refractivity contribution in [2.45, 2.75) is 38.5 Å². The fourth-order valence-electron chi connectivity index (χ4n) is 5.06. The smallest absolute Gasteiger partial charge is 0.333 e. The van der Waals surface area contributed by atoms with E-state index in [9.17, 15) is 19.2 Å². The van der Waals surface area contributed by atoms with E-state index in [-0.39, 0.29) is 38.0 Å². The molecule has 4 aromatic carbocycles. The summed E-state index contributed by atoms with van der Waals surface area (Å²) in [5.74, 6) is 0.253. The molecule has 0 saturated carbocycles. The van der Waals surface area contributed by atoms with Gasteiger partial charge in [0, 0.05) is 35.1 Å². The molecular weight excluding hydrogens is 744 g/mol. The van der Waals surface area contributed by atoms with Crippen LogP contribution in [-0.2, 0) is 49.0 Å². The van der Waals surface area contributed by atoms with Gasteiger partial charge in [-0.2, -0.15) is 0 Å². The molecule has 58 heavy (non-hydrogen) atoms. The van der Waals surface area contributed by atoms with Crippen molar-refractivity contribution in [1.29, 1.82) is 0 Å². The first kappa shape index (κ1) is 45.3. The quantitative estimate of drug-likeness (QED) is 0.0368. The third-order valence-corrected chi connectivity index (χ3v) is 8.68. The summed E-state index contributed by atoms with van der Waals surface area (Å²) in [6, 6.07) is 30.3. The molecule has 0 radical (unpaired) electrons. The number of ether oxygens (including phenoxy) is 8. The van der Waals surface area contributed by atoms with Crippen molar-refractivity contribution in [3.8, 4) is 23.0 Å². The molecule has 0 saturated heterocycles. The van der Waals surface area contributed by atoms with Crippen molar-refractivity contribution in [2.75, 3.05) is 27.2 Å². The molecule has 0 aliphatic rings. The van der Waals surface area contributed by atoms with Gasteiger partial charge in [0.2, 0.25) is 27.2 Å². The minimum atomic E-state index is -0.533. The van der Waals surface area contributed by atoms with Crippen molar-refractivity contribution < 1.29 is 57.1 Å². The van der Waals surface area contributed by atoms with E-state index in [1.807, 2.05) is 97.1 Å². The molecule has 0 bridgehead atoms. The van der Waals surface area contributed by atoms with Gasteiger partial charge in [-0.3, -0.25) is 0 Å². The second kappa shape index (κ2) is 22.5. The van der Waals surface area contributed by atoms with Crippen LogP contribution < -0.4 is 18.9 Å². The normalized spacial score (nSPS) is 10.6. The predicted molar refractivity (Wildman–Crippen MR) is 217 cm³/mol. The molecule has 12 heteroatoms. The molecule has 12 nitrogen and oxygen atoms in total. The second-order valence-corrected chi connectivity index (χ2v) is 13.1. The van der Waals surface area contributed by atoms with Crippen molar-refractivity contribution in [3.05, 3.63) is 170 Å². The first-order valence-electron chi connectivity index (χ1n) is 17.8. The van der Waals surface area contributed by atoms with Gasteiger partial charge in [0.1, 0.15) is 23.0 Å². The molecule has 4 aromatic rings. The fraction of sp³-hybridized carbons (Fsp3) is 0.217. The molecule has 4 rings (SSSR count). The second-order valence-electron chi connectivity index (χ2n) is 13.1. The highest BCUT2D eigenvalue weighted by Crippen LogP contribution is 2.34. The molecule has 0 atom stereocenters. The maximum absolute atomic E-state index is 11.0. The van der Waals surface area contributed by atoms with E-state index in [0.29, 0.717) is 23.0 Å². The molecule has 304 valence electrons. The lowest BCUT2D eigenvalue weighted by Crippen LogP contribution is -2.18. The average Bonchev–Trinajstić information content (AvgIpc) is 3.24. The molecule has 0 amide bonds. The standard InChI is InChI=1S/2C23H24O6/c2*1-5-21(24)28-15-26-19-11-7-17(8-12-19)23(3,4)18-9-13-20(14-10-18)27-16-29-22(25)6-2/h2*5-14H,1-2,15-16H2,3-4H3. The summed E-state index contributed by atoms with van der Waals surface area (Å²) in [6.45, 7) is 21.0. The zero-order chi connectivity index (χ0) is 42.6. The molecule has 0 aliphatic carbocycles. The van der Waals surface area contributed by atoms with Crippen LogP contribution in [0.25, 0.3) is 0 Å². The molecule has 0 N–H and O–H groups in total. The van der Waals surface area contributed by atoms with Gasteiger partial charge in [0.15, 0.2) is 0 Å². The Bertz CT molecular complexity index is 1700. The maximum Gasteiger partial charge on any atom is 0.333 e. The Hall–Kier alpha value is -7.08. The Balaban J connectivity index is 0.000000310. The van der Waals surface area contributed by atoms with E-state index in [0.717, 1.165) is 46.6 Å². The van der Waals surface area contributed by atoms with Crippen LogP contribution in [0.1, 0.15) is 49.9 Å². The van der Waals surface area contributed by atoms with Gasteiger partial charge in [-0.15, -0.1) is 0 Å². The van der Waals surface area contributed by atoms with E-state index >= 15 is 0 Å². The van der Waals surface area contributed by atoms with E-state index in [4.69, 9.17) is 37.9 Å². The van der Waals surface area contributed by atoms with Crippen molar-refractivity contribution in [1.82, 2.24) is 0 Å². The summed E-state index contributed by atoms with van der Waals surface area (Å²) in [4.78, 5) is 44.1. The van der Waals surface area contributed by atoms with Crippen molar-refractivity contribution in [3.63, 3.8) is 0 Å². The number of benzene rings is 4. The Morgan fingerprint density at radius 2 is 0.552 bits per heavy atom. The van der Waals surface area contributed by atoms with Crippen LogP contribution in [0.5, 0.6) is 23.0 Å². The van der Waals surface area contributed by atoms with Gasteiger partial charge in [0.25, 0.3) is 0 Å². The van der Waals surface area contributed by atoms with Crippen LogP contribution in [0.3, 0.4) is 0 Å². The molecule has 0 aliphatic heterocycles. The number of hydrogen-bond donors (Lipinski definition) is 0. The average molecular weight is 793 g/mol. The first-order chi connectivity index (χ1) is 27.7. The number of rotatable bonds is 20. The third-order valence-electron chi connectivity index (χ3n) is 8.68. The number of carbonyl (C=O) groups excluding carboxylic acids is 4. The molecule has 0 unspecified atom stereocenters. The van der Waals surface area contributed by atoms with Crippen LogP contribution in [0.2, 0.25) is 0 Å². The Morgan fingerprint density at radius 3 is 0.707 bits per heavy atom. The van der Waals surface area contributed by atoms with Crippen molar-refractivity contribution >= 4 is 23.9 Å². The van der Waals surface area contributed by atoms with E-state index in [2.05, 4.69) is 54.0 Å². The Kier molecular flexibility index (Phi) is 17.6. The van der Waals surface area contributed by atoms with Crippen LogP contribution >= 0.6 is 0 Å². The number of carbonyl (C=O) groups is 4. The third kappa shape index (κ3) is 14.2. The molecule has 0 fully saturated rings. The lowest BCUT2D eigenvalue weighted by atomic mass is 9.78. The number of hydrogen-bond acceptors (Lipinski definition) is 12. The SMILES string of the molecule is C=CC(=O)OCOc1ccc(C(C)(C)c2ccc(OCOC(=O)C=C)cc2)cc1.C=CC(=O)OCOc1ccc(C(C)(C)c2ccc(OCOC(=O)C=C)cc2)cc1. The first-order valence-corrected chi connectivity index (χ1v) is 17.8. The van der Waals surface area contributed by atoms with Crippen LogP contribution in [0.15, 0.2) is 148 Å². The highest BCUT2D eigenvalue weighted by atomic mass is 16.7. The molecule has 0 aromatic heterocycles. The van der Waals surface area contributed by atoms with Crippen LogP contribution in [0, 0.1) is 0 Å². The fourth-order valence-corrected chi connectivity index (χ4v) is 5.06. The van der Waals surface area contributed by atoms with Gasteiger partial charge < -0.3 is 37.9 Å². The summed E-state index contributed by atoms with van der Waals surface area (Å²) in [7, 11) is 0. The van der Waals surface area contributed by atoms with Gasteiger partial charge in [-0.25, -0.2) is 19.2 Å². The van der Waals surface area contributed by atoms with Crippen LogP contribution in [0.4, 0.5) is 0 Å². The molecular formula is C46H48O12. The topological polar surface area (TPSA) is 142 Å². The lowest BCUT2D eigenvalue weighted by Gasteiger charge is -2.26. The van der Waals surface area contributed by atoms with Gasteiger partial charge in [0.05, 0.1) is 0 Å². The summed E-state index contributed by atoms with van der Waals surface area (Å²) in [5.41, 5.74) is 3.81. The van der Waals surface area contributed by atoms with Gasteiger partial charge in [-0.1, -0.05) is 103 Å². The highest BCUT2D eigenvalue weighted by Gasteiger charge is 2.24. The summed E-state index contributed by atoms with van der Waals surface area (Å²) in [6.07, 6.45) is 4.33. The summed E-state index contributed by atoms with van der Waals surface area (Å²) < 4.78 is 40.7. The van der Waals surface area contributed by atoms with Crippen molar-refractivity contribution in [2.24, 2.45) is 0 Å². The molecule has 0 heterocycles. The molecule has 0 spiro atoms.